The fourth-order valence-corrected chi connectivity index (χ4v) is 0.647. The van der Waals surface area contributed by atoms with Crippen LogP contribution in [0.15, 0.2) is 12.4 Å². The number of terminal acetylenes is 1. The Balaban J connectivity index is 2.71. The Morgan fingerprint density at radius 3 is 3.10 bits per heavy atom. The van der Waals surface area contributed by atoms with E-state index in [-0.39, 0.29) is 6.54 Å². The molecule has 1 aromatic rings. The van der Waals surface area contributed by atoms with Crippen molar-refractivity contribution in [2.45, 2.75) is 6.54 Å². The van der Waals surface area contributed by atoms with Crippen LogP contribution in [-0.2, 0) is 6.54 Å². The predicted molar refractivity (Wildman–Crippen MR) is 36.1 cm³/mol. The van der Waals surface area contributed by atoms with E-state index in [1.54, 1.807) is 6.20 Å². The Morgan fingerprint density at radius 1 is 1.80 bits per heavy atom. The lowest BCUT2D eigenvalue weighted by Gasteiger charge is -1.91. The first-order valence-electron chi connectivity index (χ1n) is 2.92. The van der Waals surface area contributed by atoms with E-state index in [1.165, 1.54) is 10.9 Å². The number of hydrogen-bond donors (Lipinski definition) is 0. The van der Waals surface area contributed by atoms with Gasteiger partial charge in [0.15, 0.2) is 0 Å². The first-order chi connectivity index (χ1) is 4.86. The van der Waals surface area contributed by atoms with Crippen LogP contribution in [-0.4, -0.2) is 16.5 Å². The molecule has 1 aromatic heterocycles. The summed E-state index contributed by atoms with van der Waals surface area (Å²) in [5.74, 6) is 2.40. The number of halogens is 1. The highest BCUT2D eigenvalue weighted by molar-refractivity contribution is 5.25. The maximum atomic E-state index is 11.7. The van der Waals surface area contributed by atoms with Gasteiger partial charge in [-0.2, -0.15) is 5.10 Å². The minimum atomic E-state index is -0.411. The van der Waals surface area contributed by atoms with Crippen LogP contribution in [0.3, 0.4) is 0 Å². The van der Waals surface area contributed by atoms with Crippen LogP contribution in [0.25, 0.3) is 0 Å². The van der Waals surface area contributed by atoms with Gasteiger partial charge in [0.2, 0.25) is 0 Å². The summed E-state index contributed by atoms with van der Waals surface area (Å²) >= 11 is 0. The molecule has 0 aliphatic heterocycles. The van der Waals surface area contributed by atoms with Crippen molar-refractivity contribution >= 4 is 0 Å². The summed E-state index contributed by atoms with van der Waals surface area (Å²) in [6, 6.07) is 0. The Hall–Kier alpha value is -1.30. The van der Waals surface area contributed by atoms with Crippen LogP contribution in [0, 0.1) is 12.3 Å². The molecule has 0 amide bonds. The fourth-order valence-electron chi connectivity index (χ4n) is 0.647. The topological polar surface area (TPSA) is 17.8 Å². The molecule has 0 aliphatic rings. The van der Waals surface area contributed by atoms with Crippen LogP contribution in [0.5, 0.6) is 0 Å². The fraction of sp³-hybridized carbons (Fsp3) is 0.286. The van der Waals surface area contributed by atoms with Crippen LogP contribution in [0.1, 0.15) is 5.56 Å². The van der Waals surface area contributed by atoms with Crippen molar-refractivity contribution in [2.75, 3.05) is 6.67 Å². The Kier molecular flexibility index (Phi) is 2.06. The van der Waals surface area contributed by atoms with Crippen LogP contribution >= 0.6 is 0 Å². The van der Waals surface area contributed by atoms with Gasteiger partial charge in [-0.25, -0.2) is 4.39 Å². The van der Waals surface area contributed by atoms with E-state index in [1.807, 2.05) is 0 Å². The van der Waals surface area contributed by atoms with Gasteiger partial charge in [-0.05, 0) is 0 Å². The lowest BCUT2D eigenvalue weighted by molar-refractivity contribution is 0.427. The Morgan fingerprint density at radius 2 is 2.60 bits per heavy atom. The van der Waals surface area contributed by atoms with Gasteiger partial charge in [0.05, 0.1) is 18.3 Å². The van der Waals surface area contributed by atoms with Gasteiger partial charge in [0.1, 0.15) is 6.67 Å². The van der Waals surface area contributed by atoms with Gasteiger partial charge in [0, 0.05) is 6.20 Å². The van der Waals surface area contributed by atoms with Crippen molar-refractivity contribution < 1.29 is 4.39 Å². The normalized spacial score (nSPS) is 9.20. The molecule has 3 heteroatoms. The molecule has 1 heterocycles. The number of aryl methyl sites for hydroxylation is 1. The van der Waals surface area contributed by atoms with Crippen LogP contribution in [0.2, 0.25) is 0 Å². The highest BCUT2D eigenvalue weighted by atomic mass is 19.1. The van der Waals surface area contributed by atoms with Crippen molar-refractivity contribution in [1.29, 1.82) is 0 Å². The molecule has 0 spiro atoms. The third-order valence-electron chi connectivity index (χ3n) is 1.11. The monoisotopic (exact) mass is 138 g/mol. The maximum Gasteiger partial charge on any atom is 0.109 e. The molecule has 0 fully saturated rings. The summed E-state index contributed by atoms with van der Waals surface area (Å²) in [5, 5.41) is 3.81. The van der Waals surface area contributed by atoms with Gasteiger partial charge >= 0.3 is 0 Å². The average Bonchev–Trinajstić information content (AvgIpc) is 2.37. The maximum absolute atomic E-state index is 11.7. The van der Waals surface area contributed by atoms with E-state index in [2.05, 4.69) is 11.0 Å². The molecular formula is C7H7FN2. The molecule has 10 heavy (non-hydrogen) atoms. The second-order valence-electron chi connectivity index (χ2n) is 1.83. The minimum absolute atomic E-state index is 0.279. The molecule has 0 unspecified atom stereocenters. The molecule has 0 atom stereocenters. The van der Waals surface area contributed by atoms with E-state index in [9.17, 15) is 4.39 Å². The van der Waals surface area contributed by atoms with E-state index in [0.29, 0.717) is 5.56 Å². The summed E-state index contributed by atoms with van der Waals surface area (Å²) in [4.78, 5) is 0. The van der Waals surface area contributed by atoms with Crippen molar-refractivity contribution in [2.24, 2.45) is 0 Å². The number of aromatic nitrogens is 2. The largest absolute Gasteiger partial charge is 0.269 e. The van der Waals surface area contributed by atoms with E-state index >= 15 is 0 Å². The molecule has 0 N–H and O–H groups in total. The highest BCUT2D eigenvalue weighted by Gasteiger charge is 1.92. The van der Waals surface area contributed by atoms with Crippen LogP contribution in [0.4, 0.5) is 4.39 Å². The SMILES string of the molecule is C#Cc1cnn(CCF)c1. The standard InChI is InChI=1S/C7H7FN2/c1-2-7-5-9-10(6-7)4-3-8/h1,5-6H,3-4H2. The molecule has 0 aliphatic carbocycles. The van der Waals surface area contributed by atoms with Crippen molar-refractivity contribution in [1.82, 2.24) is 9.78 Å². The van der Waals surface area contributed by atoms with Crippen molar-refractivity contribution in [3.63, 3.8) is 0 Å². The van der Waals surface area contributed by atoms with Gasteiger partial charge in [-0.3, -0.25) is 4.68 Å². The molecule has 1 rings (SSSR count). The zero-order valence-electron chi connectivity index (χ0n) is 5.42. The zero-order valence-corrected chi connectivity index (χ0v) is 5.42. The average molecular weight is 138 g/mol. The Labute approximate surface area is 58.7 Å². The smallest absolute Gasteiger partial charge is 0.109 e. The first kappa shape index (κ1) is 6.81. The lowest BCUT2D eigenvalue weighted by Crippen LogP contribution is -1.98. The van der Waals surface area contributed by atoms with Gasteiger partial charge in [-0.1, -0.05) is 5.92 Å². The third kappa shape index (κ3) is 1.35. The zero-order chi connectivity index (χ0) is 7.40. The molecule has 0 bridgehead atoms. The van der Waals surface area contributed by atoms with Gasteiger partial charge < -0.3 is 0 Å². The summed E-state index contributed by atoms with van der Waals surface area (Å²) < 4.78 is 13.2. The third-order valence-corrected chi connectivity index (χ3v) is 1.11. The summed E-state index contributed by atoms with van der Waals surface area (Å²) in [6.07, 6.45) is 8.24. The van der Waals surface area contributed by atoms with Gasteiger partial charge in [-0.15, -0.1) is 6.42 Å². The first-order valence-corrected chi connectivity index (χ1v) is 2.92. The number of nitrogens with zero attached hydrogens (tertiary/aromatic N) is 2. The molecule has 0 aromatic carbocycles. The molecule has 0 saturated heterocycles. The number of rotatable bonds is 2. The van der Waals surface area contributed by atoms with E-state index in [4.69, 9.17) is 6.42 Å². The van der Waals surface area contributed by atoms with Crippen molar-refractivity contribution in [3.8, 4) is 12.3 Å². The Bertz CT molecular complexity index is 246. The number of alkyl halides is 1. The summed E-state index contributed by atoms with van der Waals surface area (Å²) in [5.41, 5.74) is 0.688. The second kappa shape index (κ2) is 3.02. The molecule has 0 saturated carbocycles. The van der Waals surface area contributed by atoms with E-state index < -0.39 is 6.67 Å². The lowest BCUT2D eigenvalue weighted by atomic mass is 10.4. The molecule has 52 valence electrons. The second-order valence-corrected chi connectivity index (χ2v) is 1.83. The minimum Gasteiger partial charge on any atom is -0.269 e. The van der Waals surface area contributed by atoms with Gasteiger partial charge in [0.25, 0.3) is 0 Å². The van der Waals surface area contributed by atoms with E-state index in [0.717, 1.165) is 0 Å². The summed E-state index contributed by atoms with van der Waals surface area (Å²) in [6.45, 7) is -0.132. The van der Waals surface area contributed by atoms with Crippen molar-refractivity contribution in [3.05, 3.63) is 18.0 Å². The molecule has 0 radical (unpaired) electrons. The summed E-state index contributed by atoms with van der Waals surface area (Å²) in [7, 11) is 0. The number of hydrogen-bond acceptors (Lipinski definition) is 1. The highest BCUT2D eigenvalue weighted by Crippen LogP contribution is 1.93. The van der Waals surface area contributed by atoms with Crippen LogP contribution < -0.4 is 0 Å². The predicted octanol–water partition coefficient (Wildman–Crippen LogP) is 0.834. The quantitative estimate of drug-likeness (QED) is 0.553. The molecule has 2 nitrogen and oxygen atoms in total. The molecular weight excluding hydrogens is 131 g/mol.